The van der Waals surface area contributed by atoms with Crippen molar-refractivity contribution in [1.29, 1.82) is 0 Å². The first-order valence-corrected chi connectivity index (χ1v) is 11.0. The van der Waals surface area contributed by atoms with Gasteiger partial charge in [-0.15, -0.1) is 0 Å². The third-order valence-corrected chi connectivity index (χ3v) is 6.55. The predicted octanol–water partition coefficient (Wildman–Crippen LogP) is 3.55. The fraction of sp³-hybridized carbons (Fsp3) is 0.952. The van der Waals surface area contributed by atoms with Crippen LogP contribution in [-0.4, -0.2) is 61.4 Å². The minimum Gasteiger partial charge on any atom is -0.381 e. The van der Waals surface area contributed by atoms with Gasteiger partial charge in [0.15, 0.2) is 0 Å². The van der Waals surface area contributed by atoms with E-state index >= 15 is 0 Å². The van der Waals surface area contributed by atoms with Crippen LogP contribution in [0.4, 0.5) is 0 Å². The Labute approximate surface area is 163 Å². The molecule has 2 bridgehead atoms. The summed E-state index contributed by atoms with van der Waals surface area (Å²) in [5.74, 6) is 0.815. The molecule has 2 aliphatic heterocycles. The maximum atomic E-state index is 11.3. The lowest BCUT2D eigenvalue weighted by Crippen LogP contribution is -2.32. The highest BCUT2D eigenvalue weighted by Gasteiger charge is 2.48. The highest BCUT2D eigenvalue weighted by Crippen LogP contribution is 2.45. The van der Waals surface area contributed by atoms with Gasteiger partial charge in [0, 0.05) is 32.6 Å². The van der Waals surface area contributed by atoms with Gasteiger partial charge in [-0.3, -0.25) is 10.0 Å². The van der Waals surface area contributed by atoms with Crippen molar-refractivity contribution in [3.8, 4) is 0 Å². The molecule has 0 aromatic rings. The van der Waals surface area contributed by atoms with Crippen molar-refractivity contribution in [2.75, 3.05) is 26.9 Å². The Morgan fingerprint density at radius 2 is 1.78 bits per heavy atom. The minimum atomic E-state index is -0.241. The van der Waals surface area contributed by atoms with E-state index in [0.29, 0.717) is 48.2 Å². The van der Waals surface area contributed by atoms with E-state index < -0.39 is 0 Å². The maximum Gasteiger partial charge on any atom is 0.245 e. The van der Waals surface area contributed by atoms with Crippen LogP contribution in [0.25, 0.3) is 0 Å². The molecular formula is C21H37NO5. The standard InChI is InChI=1S/C21H37NO5/c1-22(24)21(23)9-5-6-13-25-15-18-17(19-10-11-20(18)27-19)12-14-26-16-7-3-2-4-8-16/h16-20,24H,2-15H2,1H3/t17-,18+,19-,20+/m0/s1. The van der Waals surface area contributed by atoms with Crippen molar-refractivity contribution in [1.82, 2.24) is 5.06 Å². The van der Waals surface area contributed by atoms with Crippen LogP contribution >= 0.6 is 0 Å². The number of carbonyl (C=O) groups excluding carboxylic acids is 1. The molecule has 0 unspecified atom stereocenters. The van der Waals surface area contributed by atoms with Crippen LogP contribution in [0.3, 0.4) is 0 Å². The van der Waals surface area contributed by atoms with Crippen LogP contribution in [-0.2, 0) is 19.0 Å². The van der Waals surface area contributed by atoms with E-state index in [-0.39, 0.29) is 5.91 Å². The SMILES string of the molecule is CN(O)C(=O)CCCCOC[C@@H]1[C@H](CCOC2CCCCC2)[C@@H]2CC[C@H]1O2. The number of hydrogen-bond acceptors (Lipinski definition) is 5. The summed E-state index contributed by atoms with van der Waals surface area (Å²) in [6.07, 6.45) is 13.1. The first-order valence-electron chi connectivity index (χ1n) is 11.0. The summed E-state index contributed by atoms with van der Waals surface area (Å²) < 4.78 is 18.2. The van der Waals surface area contributed by atoms with E-state index in [4.69, 9.17) is 19.4 Å². The molecule has 4 atom stereocenters. The second kappa shape index (κ2) is 10.7. The monoisotopic (exact) mass is 383 g/mol. The summed E-state index contributed by atoms with van der Waals surface area (Å²) in [4.78, 5) is 11.3. The van der Waals surface area contributed by atoms with Crippen LogP contribution in [0, 0.1) is 11.8 Å². The molecule has 6 nitrogen and oxygen atoms in total. The van der Waals surface area contributed by atoms with E-state index in [1.165, 1.54) is 45.6 Å². The lowest BCUT2D eigenvalue weighted by Gasteiger charge is -2.29. The average Bonchev–Trinajstić information content (AvgIpc) is 3.27. The van der Waals surface area contributed by atoms with E-state index in [2.05, 4.69) is 0 Å². The van der Waals surface area contributed by atoms with Gasteiger partial charge in [0.2, 0.25) is 5.91 Å². The Balaban J connectivity index is 1.31. The molecule has 0 spiro atoms. The quantitative estimate of drug-likeness (QED) is 0.336. The van der Waals surface area contributed by atoms with Gasteiger partial charge >= 0.3 is 0 Å². The fourth-order valence-corrected chi connectivity index (χ4v) is 4.97. The smallest absolute Gasteiger partial charge is 0.245 e. The highest BCUT2D eigenvalue weighted by molar-refractivity contribution is 5.74. The second-order valence-electron chi connectivity index (χ2n) is 8.49. The number of fused-ring (bicyclic) bond motifs is 2. The number of hydrogen-bond donors (Lipinski definition) is 1. The maximum absolute atomic E-state index is 11.3. The molecule has 27 heavy (non-hydrogen) atoms. The molecule has 0 aromatic heterocycles. The van der Waals surface area contributed by atoms with Gasteiger partial charge in [0.25, 0.3) is 0 Å². The van der Waals surface area contributed by atoms with Crippen molar-refractivity contribution in [2.24, 2.45) is 11.8 Å². The van der Waals surface area contributed by atoms with Gasteiger partial charge in [-0.1, -0.05) is 19.3 Å². The van der Waals surface area contributed by atoms with Gasteiger partial charge in [0.05, 0.1) is 24.9 Å². The van der Waals surface area contributed by atoms with E-state index in [9.17, 15) is 4.79 Å². The number of unbranched alkanes of at least 4 members (excludes halogenated alkanes) is 1. The molecule has 3 fully saturated rings. The molecule has 1 saturated carbocycles. The molecular weight excluding hydrogens is 346 g/mol. The summed E-state index contributed by atoms with van der Waals surface area (Å²) in [6, 6.07) is 0. The van der Waals surface area contributed by atoms with Crippen molar-refractivity contribution in [2.45, 2.75) is 88.9 Å². The molecule has 1 aliphatic carbocycles. The first kappa shape index (κ1) is 21.0. The molecule has 1 N–H and O–H groups in total. The van der Waals surface area contributed by atoms with Crippen molar-refractivity contribution >= 4 is 5.91 Å². The summed E-state index contributed by atoms with van der Waals surface area (Å²) >= 11 is 0. The molecule has 2 heterocycles. The van der Waals surface area contributed by atoms with Gasteiger partial charge < -0.3 is 14.2 Å². The van der Waals surface area contributed by atoms with Crippen LogP contribution in [0.15, 0.2) is 0 Å². The van der Waals surface area contributed by atoms with Gasteiger partial charge in [-0.05, 0) is 50.9 Å². The van der Waals surface area contributed by atoms with Gasteiger partial charge in [-0.25, -0.2) is 5.06 Å². The number of carbonyl (C=O) groups is 1. The first-order chi connectivity index (χ1) is 13.1. The average molecular weight is 384 g/mol. The largest absolute Gasteiger partial charge is 0.381 e. The molecule has 2 saturated heterocycles. The summed E-state index contributed by atoms with van der Waals surface area (Å²) in [7, 11) is 1.37. The van der Waals surface area contributed by atoms with E-state index in [0.717, 1.165) is 38.9 Å². The van der Waals surface area contributed by atoms with Gasteiger partial charge in [-0.2, -0.15) is 0 Å². The lowest BCUT2D eigenvalue weighted by atomic mass is 9.78. The zero-order valence-corrected chi connectivity index (χ0v) is 16.8. The van der Waals surface area contributed by atoms with Gasteiger partial charge in [0.1, 0.15) is 0 Å². The zero-order chi connectivity index (χ0) is 19.1. The summed E-state index contributed by atoms with van der Waals surface area (Å²) in [6.45, 7) is 2.28. The molecule has 0 radical (unpaired) electrons. The Kier molecular flexibility index (Phi) is 8.37. The fourth-order valence-electron chi connectivity index (χ4n) is 4.97. The van der Waals surface area contributed by atoms with Crippen LogP contribution in [0.2, 0.25) is 0 Å². The predicted molar refractivity (Wildman–Crippen MR) is 102 cm³/mol. The third kappa shape index (κ3) is 6.14. The molecule has 3 aliphatic rings. The van der Waals surface area contributed by atoms with Crippen molar-refractivity contribution < 1.29 is 24.2 Å². The highest BCUT2D eigenvalue weighted by atomic mass is 16.5. The van der Waals surface area contributed by atoms with Crippen molar-refractivity contribution in [3.05, 3.63) is 0 Å². The Morgan fingerprint density at radius 3 is 2.52 bits per heavy atom. The third-order valence-electron chi connectivity index (χ3n) is 6.55. The van der Waals surface area contributed by atoms with Crippen LogP contribution in [0.1, 0.15) is 70.6 Å². The number of ether oxygens (including phenoxy) is 3. The second-order valence-corrected chi connectivity index (χ2v) is 8.49. The molecule has 6 heteroatoms. The molecule has 3 rings (SSSR count). The molecule has 156 valence electrons. The molecule has 1 amide bonds. The Bertz CT molecular complexity index is 452. The minimum absolute atomic E-state index is 0.241. The normalized spacial score (nSPS) is 30.7. The summed E-state index contributed by atoms with van der Waals surface area (Å²) in [5.41, 5.74) is 0. The Morgan fingerprint density at radius 1 is 1.04 bits per heavy atom. The Hall–Kier alpha value is -0.690. The number of rotatable bonds is 11. The molecule has 0 aromatic carbocycles. The van der Waals surface area contributed by atoms with Crippen molar-refractivity contribution in [3.63, 3.8) is 0 Å². The summed E-state index contributed by atoms with van der Waals surface area (Å²) in [5, 5.41) is 9.70. The van der Waals surface area contributed by atoms with Crippen LogP contribution in [0.5, 0.6) is 0 Å². The zero-order valence-electron chi connectivity index (χ0n) is 16.8. The number of nitrogens with zero attached hydrogens (tertiary/aromatic N) is 1. The van der Waals surface area contributed by atoms with Crippen LogP contribution < -0.4 is 0 Å². The van der Waals surface area contributed by atoms with E-state index in [1.807, 2.05) is 0 Å². The number of amides is 1. The topological polar surface area (TPSA) is 68.2 Å². The van der Waals surface area contributed by atoms with E-state index in [1.54, 1.807) is 0 Å². The number of hydroxylamine groups is 2. The lowest BCUT2D eigenvalue weighted by molar-refractivity contribution is -0.159.